The Morgan fingerprint density at radius 2 is 2.18 bits per heavy atom. The van der Waals surface area contributed by atoms with Gasteiger partial charge in [0.05, 0.1) is 9.13 Å². The smallest absolute Gasteiger partial charge is 0.153 e. The number of rotatable bonds is 1. The molecule has 1 aromatic rings. The van der Waals surface area contributed by atoms with Gasteiger partial charge in [0.2, 0.25) is 0 Å². The molecule has 0 spiro atoms. The minimum Gasteiger partial charge on any atom is -0.506 e. The Hall–Kier alpha value is -0.650. The average molecular weight is 266 g/mol. The minimum absolute atomic E-state index is 0.0191. The molecule has 0 fully saturated rings. The lowest BCUT2D eigenvalue weighted by atomic mass is 10.2. The Labute approximate surface area is 76.2 Å². The quantitative estimate of drug-likeness (QED) is 0.623. The van der Waals surface area contributed by atoms with Crippen LogP contribution in [0.25, 0.3) is 0 Å². The van der Waals surface area contributed by atoms with Gasteiger partial charge in [0.1, 0.15) is 11.6 Å². The number of carbonyl (C=O) groups excluding carboxylic acids is 1. The van der Waals surface area contributed by atoms with Crippen LogP contribution < -0.4 is 0 Å². The molecule has 0 unspecified atom stereocenters. The van der Waals surface area contributed by atoms with Crippen molar-refractivity contribution >= 4 is 28.9 Å². The first kappa shape index (κ1) is 8.45. The van der Waals surface area contributed by atoms with Crippen LogP contribution in [0, 0.1) is 9.39 Å². The van der Waals surface area contributed by atoms with E-state index in [2.05, 4.69) is 0 Å². The highest BCUT2D eigenvalue weighted by Crippen LogP contribution is 2.23. The minimum atomic E-state index is -0.519. The molecular weight excluding hydrogens is 262 g/mol. The second-order valence-corrected chi connectivity index (χ2v) is 3.11. The lowest BCUT2D eigenvalue weighted by Gasteiger charge is -1.99. The van der Waals surface area contributed by atoms with Crippen LogP contribution in [-0.4, -0.2) is 11.4 Å². The van der Waals surface area contributed by atoms with Crippen LogP contribution in [0.3, 0.4) is 0 Å². The van der Waals surface area contributed by atoms with Crippen molar-refractivity contribution in [1.82, 2.24) is 0 Å². The molecule has 2 nitrogen and oxygen atoms in total. The topological polar surface area (TPSA) is 37.3 Å². The van der Waals surface area contributed by atoms with Crippen LogP contribution in [0.5, 0.6) is 5.75 Å². The van der Waals surface area contributed by atoms with Crippen molar-refractivity contribution in [1.29, 1.82) is 0 Å². The third-order valence-electron chi connectivity index (χ3n) is 1.18. The van der Waals surface area contributed by atoms with Crippen molar-refractivity contribution in [3.63, 3.8) is 0 Å². The second kappa shape index (κ2) is 3.17. The largest absolute Gasteiger partial charge is 0.506 e. The Balaban J connectivity index is 3.35. The SMILES string of the molecule is O=Cc1cc(F)cc(I)c1O. The van der Waals surface area contributed by atoms with Crippen LogP contribution >= 0.6 is 22.6 Å². The van der Waals surface area contributed by atoms with Crippen molar-refractivity contribution in [3.8, 4) is 5.75 Å². The third-order valence-corrected chi connectivity index (χ3v) is 2.01. The molecule has 0 atom stereocenters. The van der Waals surface area contributed by atoms with E-state index in [1.54, 1.807) is 22.6 Å². The maximum atomic E-state index is 12.5. The van der Waals surface area contributed by atoms with Gasteiger partial charge in [-0.25, -0.2) is 4.39 Å². The maximum Gasteiger partial charge on any atom is 0.153 e. The summed E-state index contributed by atoms with van der Waals surface area (Å²) in [6.07, 6.45) is 0.417. The van der Waals surface area contributed by atoms with Crippen molar-refractivity contribution in [2.24, 2.45) is 0 Å². The predicted octanol–water partition coefficient (Wildman–Crippen LogP) is 1.95. The molecule has 0 heterocycles. The molecule has 11 heavy (non-hydrogen) atoms. The van der Waals surface area contributed by atoms with Crippen LogP contribution in [0.4, 0.5) is 4.39 Å². The normalized spacial score (nSPS) is 9.64. The number of carbonyl (C=O) groups is 1. The summed E-state index contributed by atoms with van der Waals surface area (Å²) in [7, 11) is 0. The number of aromatic hydroxyl groups is 1. The van der Waals surface area contributed by atoms with Gasteiger partial charge in [-0.15, -0.1) is 0 Å². The van der Waals surface area contributed by atoms with E-state index < -0.39 is 5.82 Å². The van der Waals surface area contributed by atoms with Gasteiger partial charge in [0.15, 0.2) is 6.29 Å². The summed E-state index contributed by atoms with van der Waals surface area (Å²) >= 11 is 1.75. The fourth-order valence-electron chi connectivity index (χ4n) is 0.676. The molecule has 1 aromatic carbocycles. The Morgan fingerprint density at radius 3 is 2.73 bits per heavy atom. The van der Waals surface area contributed by atoms with Gasteiger partial charge in [-0.05, 0) is 34.7 Å². The first-order valence-electron chi connectivity index (χ1n) is 2.78. The second-order valence-electron chi connectivity index (χ2n) is 1.94. The monoisotopic (exact) mass is 266 g/mol. The van der Waals surface area contributed by atoms with E-state index in [1.807, 2.05) is 0 Å². The van der Waals surface area contributed by atoms with E-state index in [9.17, 15) is 9.18 Å². The number of hydrogen-bond donors (Lipinski definition) is 1. The van der Waals surface area contributed by atoms with Crippen LogP contribution in [0.15, 0.2) is 12.1 Å². The molecule has 58 valence electrons. The molecule has 0 radical (unpaired) electrons. The Kier molecular flexibility index (Phi) is 2.43. The van der Waals surface area contributed by atoms with Crippen LogP contribution in [0.1, 0.15) is 10.4 Å². The lowest BCUT2D eigenvalue weighted by Crippen LogP contribution is -1.86. The molecule has 4 heteroatoms. The van der Waals surface area contributed by atoms with Gasteiger partial charge >= 0.3 is 0 Å². The van der Waals surface area contributed by atoms with E-state index in [-0.39, 0.29) is 11.3 Å². The molecular formula is C7H4FIO2. The van der Waals surface area contributed by atoms with Gasteiger partial charge in [-0.2, -0.15) is 0 Å². The summed E-state index contributed by atoms with van der Waals surface area (Å²) in [6, 6.07) is 2.15. The Morgan fingerprint density at radius 1 is 1.55 bits per heavy atom. The molecule has 0 bridgehead atoms. The van der Waals surface area contributed by atoms with Crippen molar-refractivity contribution in [2.45, 2.75) is 0 Å². The molecule has 1 rings (SSSR count). The van der Waals surface area contributed by atoms with Gasteiger partial charge < -0.3 is 5.11 Å². The highest BCUT2D eigenvalue weighted by Gasteiger charge is 2.06. The molecule has 0 aliphatic rings. The summed E-state index contributed by atoms with van der Waals surface area (Å²) in [5, 5.41) is 9.12. The molecule has 0 saturated heterocycles. The fourth-order valence-corrected chi connectivity index (χ4v) is 1.28. The van der Waals surface area contributed by atoms with E-state index in [4.69, 9.17) is 5.11 Å². The third kappa shape index (κ3) is 1.68. The van der Waals surface area contributed by atoms with Gasteiger partial charge in [-0.1, -0.05) is 0 Å². The van der Waals surface area contributed by atoms with E-state index in [0.717, 1.165) is 12.1 Å². The zero-order valence-corrected chi connectivity index (χ0v) is 7.50. The molecule has 0 amide bonds. The molecule has 0 aliphatic carbocycles. The number of hydrogen-bond acceptors (Lipinski definition) is 2. The highest BCUT2D eigenvalue weighted by atomic mass is 127. The summed E-state index contributed by atoms with van der Waals surface area (Å²) in [5.74, 6) is -0.684. The van der Waals surface area contributed by atoms with E-state index in [0.29, 0.717) is 9.86 Å². The fraction of sp³-hybridized carbons (Fsp3) is 0. The number of phenolic OH excluding ortho intramolecular Hbond substituents is 1. The number of aldehydes is 1. The summed E-state index contributed by atoms with van der Waals surface area (Å²) in [4.78, 5) is 10.2. The lowest BCUT2D eigenvalue weighted by molar-refractivity contribution is 0.112. The van der Waals surface area contributed by atoms with Crippen LogP contribution in [-0.2, 0) is 0 Å². The van der Waals surface area contributed by atoms with E-state index in [1.165, 1.54) is 0 Å². The highest BCUT2D eigenvalue weighted by molar-refractivity contribution is 14.1. The molecule has 1 N–H and O–H groups in total. The summed E-state index contributed by atoms with van der Waals surface area (Å²) in [5.41, 5.74) is -0.0191. The Bertz CT molecular complexity index is 299. The van der Waals surface area contributed by atoms with Gasteiger partial charge in [0, 0.05) is 0 Å². The molecule has 0 aromatic heterocycles. The zero-order valence-electron chi connectivity index (χ0n) is 5.34. The number of benzene rings is 1. The van der Waals surface area contributed by atoms with E-state index >= 15 is 0 Å². The van der Waals surface area contributed by atoms with Gasteiger partial charge in [0.25, 0.3) is 0 Å². The predicted molar refractivity (Wildman–Crippen MR) is 46.2 cm³/mol. The number of halogens is 2. The first-order chi connectivity index (χ1) is 5.15. The number of phenols is 1. The summed E-state index contributed by atoms with van der Waals surface area (Å²) < 4.78 is 12.9. The standard InChI is InChI=1S/C7H4FIO2/c8-5-1-4(3-10)7(11)6(9)2-5/h1-3,11H. The first-order valence-corrected chi connectivity index (χ1v) is 3.86. The van der Waals surface area contributed by atoms with Crippen molar-refractivity contribution in [3.05, 3.63) is 27.1 Å². The zero-order chi connectivity index (χ0) is 8.43. The van der Waals surface area contributed by atoms with Crippen molar-refractivity contribution < 1.29 is 14.3 Å². The maximum absolute atomic E-state index is 12.5. The van der Waals surface area contributed by atoms with Crippen LogP contribution in [0.2, 0.25) is 0 Å². The summed E-state index contributed by atoms with van der Waals surface area (Å²) in [6.45, 7) is 0. The van der Waals surface area contributed by atoms with Crippen molar-refractivity contribution in [2.75, 3.05) is 0 Å². The van der Waals surface area contributed by atoms with Gasteiger partial charge in [-0.3, -0.25) is 4.79 Å². The molecule has 0 aliphatic heterocycles. The molecule has 0 saturated carbocycles. The average Bonchev–Trinajstić information content (AvgIpc) is 1.96.